The molecule has 9 heteroatoms. The predicted octanol–water partition coefficient (Wildman–Crippen LogP) is 3.39. The first-order valence-electron chi connectivity index (χ1n) is 8.00. The van der Waals surface area contributed by atoms with E-state index in [0.717, 1.165) is 0 Å². The molecule has 0 aliphatic heterocycles. The number of methoxy groups -OCH3 is 2. The van der Waals surface area contributed by atoms with Gasteiger partial charge < -0.3 is 24.8 Å². The molecule has 0 aromatic heterocycles. The molecular weight excluding hydrogens is 459 g/mol. The van der Waals surface area contributed by atoms with Crippen molar-refractivity contribution in [3.8, 4) is 11.5 Å². The molecule has 1 aromatic carbocycles. The van der Waals surface area contributed by atoms with Crippen LogP contribution in [-0.4, -0.2) is 45.5 Å². The average Bonchev–Trinajstić information content (AvgIpc) is 2.57. The second kappa shape index (κ2) is 12.1. The van der Waals surface area contributed by atoms with Crippen LogP contribution >= 0.6 is 24.0 Å². The van der Waals surface area contributed by atoms with Crippen LogP contribution in [0.2, 0.25) is 0 Å². The van der Waals surface area contributed by atoms with Crippen LogP contribution in [0.15, 0.2) is 23.2 Å². The number of hydrogen-bond donors (Lipinski definition) is 2. The molecule has 1 aromatic rings. The first kappa shape index (κ1) is 24.6. The second-order valence-corrected chi connectivity index (χ2v) is 5.86. The van der Waals surface area contributed by atoms with Crippen molar-refractivity contribution >= 4 is 29.9 Å². The van der Waals surface area contributed by atoms with Gasteiger partial charge in [0, 0.05) is 31.8 Å². The number of benzene rings is 1. The number of aliphatic imine (C=N–C) groups is 1. The van der Waals surface area contributed by atoms with Gasteiger partial charge in [0.2, 0.25) is 0 Å². The van der Waals surface area contributed by atoms with Gasteiger partial charge in [-0.15, -0.1) is 24.0 Å². The van der Waals surface area contributed by atoms with E-state index >= 15 is 0 Å². The van der Waals surface area contributed by atoms with Gasteiger partial charge in [-0.1, -0.05) is 0 Å². The summed E-state index contributed by atoms with van der Waals surface area (Å²) >= 11 is 0. The lowest BCUT2D eigenvalue weighted by Crippen LogP contribution is -2.45. The molecule has 0 fully saturated rings. The summed E-state index contributed by atoms with van der Waals surface area (Å²) in [5.74, 6) is 1.05. The summed E-state index contributed by atoms with van der Waals surface area (Å²) < 4.78 is 40.2. The number of hydrogen-bond acceptors (Lipinski definition) is 4. The fraction of sp³-hybridized carbons (Fsp3) is 0.588. The second-order valence-electron chi connectivity index (χ2n) is 5.86. The third-order valence-corrected chi connectivity index (χ3v) is 3.48. The van der Waals surface area contributed by atoms with Crippen LogP contribution in [0.25, 0.3) is 0 Å². The average molecular weight is 487 g/mol. The topological polar surface area (TPSA) is 64.1 Å². The first-order chi connectivity index (χ1) is 11.8. The van der Waals surface area contributed by atoms with E-state index < -0.39 is 6.61 Å². The number of rotatable bonds is 9. The summed E-state index contributed by atoms with van der Waals surface area (Å²) in [5, 5.41) is 6.27. The lowest BCUT2D eigenvalue weighted by Gasteiger charge is -2.24. The molecule has 0 aliphatic rings. The summed E-state index contributed by atoms with van der Waals surface area (Å²) in [6, 6.07) is 4.76. The molecule has 0 heterocycles. The van der Waals surface area contributed by atoms with Crippen LogP contribution in [0.3, 0.4) is 0 Å². The molecule has 150 valence electrons. The highest BCUT2D eigenvalue weighted by atomic mass is 127. The highest BCUT2D eigenvalue weighted by molar-refractivity contribution is 14.0. The molecule has 0 radical (unpaired) electrons. The smallest absolute Gasteiger partial charge is 0.387 e. The largest absolute Gasteiger partial charge is 0.497 e. The Labute approximate surface area is 170 Å². The zero-order chi connectivity index (χ0) is 18.9. The van der Waals surface area contributed by atoms with E-state index in [0.29, 0.717) is 30.4 Å². The van der Waals surface area contributed by atoms with Crippen LogP contribution in [-0.2, 0) is 11.3 Å². The van der Waals surface area contributed by atoms with Gasteiger partial charge in [0.15, 0.2) is 5.96 Å². The number of alkyl halides is 2. The molecule has 0 unspecified atom stereocenters. The third kappa shape index (κ3) is 8.84. The van der Waals surface area contributed by atoms with Crippen molar-refractivity contribution in [3.63, 3.8) is 0 Å². The van der Waals surface area contributed by atoms with Gasteiger partial charge >= 0.3 is 6.61 Å². The molecule has 26 heavy (non-hydrogen) atoms. The lowest BCUT2D eigenvalue weighted by molar-refractivity contribution is -0.0505. The number of halogens is 3. The highest BCUT2D eigenvalue weighted by Crippen LogP contribution is 2.27. The van der Waals surface area contributed by atoms with Crippen molar-refractivity contribution in [1.29, 1.82) is 0 Å². The zero-order valence-electron chi connectivity index (χ0n) is 15.8. The van der Waals surface area contributed by atoms with Gasteiger partial charge in [-0.2, -0.15) is 8.78 Å². The summed E-state index contributed by atoms with van der Waals surface area (Å²) in [7, 11) is 3.10. The Morgan fingerprint density at radius 3 is 2.46 bits per heavy atom. The summed E-state index contributed by atoms with van der Waals surface area (Å²) in [6.07, 6.45) is 0. The van der Waals surface area contributed by atoms with Crippen LogP contribution in [0.5, 0.6) is 11.5 Å². The maximum absolute atomic E-state index is 12.6. The zero-order valence-corrected chi connectivity index (χ0v) is 18.1. The Morgan fingerprint density at radius 1 is 1.23 bits per heavy atom. The standard InChI is InChI=1S/C17H27F2N3O3.HI/c1-6-20-16(22-11-17(2,3)24-5)21-10-12-7-8-13(23-4)9-14(12)25-15(18)19;/h7-9,15H,6,10-11H2,1-5H3,(H2,20,21,22);1H. The minimum absolute atomic E-state index is 0. The van der Waals surface area contributed by atoms with E-state index in [4.69, 9.17) is 9.47 Å². The van der Waals surface area contributed by atoms with Crippen molar-refractivity contribution in [2.75, 3.05) is 27.3 Å². The fourth-order valence-electron chi connectivity index (χ4n) is 1.87. The summed E-state index contributed by atoms with van der Waals surface area (Å²) in [6.45, 7) is 4.31. The van der Waals surface area contributed by atoms with Gasteiger partial charge in [-0.05, 0) is 32.9 Å². The van der Waals surface area contributed by atoms with Crippen molar-refractivity contribution in [2.45, 2.75) is 39.5 Å². The minimum atomic E-state index is -2.91. The van der Waals surface area contributed by atoms with Crippen molar-refractivity contribution in [1.82, 2.24) is 10.6 Å². The van der Waals surface area contributed by atoms with E-state index in [1.54, 1.807) is 19.2 Å². The van der Waals surface area contributed by atoms with Crippen molar-refractivity contribution in [2.24, 2.45) is 4.99 Å². The lowest BCUT2D eigenvalue weighted by atomic mass is 10.1. The SMILES string of the molecule is CCNC(=NCc1ccc(OC)cc1OC(F)F)NCC(C)(C)OC.I. The third-order valence-electron chi connectivity index (χ3n) is 3.48. The Morgan fingerprint density at radius 2 is 1.92 bits per heavy atom. The van der Waals surface area contributed by atoms with E-state index in [-0.39, 0.29) is 41.9 Å². The molecule has 0 amide bonds. The van der Waals surface area contributed by atoms with Gasteiger partial charge in [0.25, 0.3) is 0 Å². The summed E-state index contributed by atoms with van der Waals surface area (Å²) in [4.78, 5) is 4.42. The minimum Gasteiger partial charge on any atom is -0.497 e. The molecule has 6 nitrogen and oxygen atoms in total. The van der Waals surface area contributed by atoms with Gasteiger partial charge in [0.1, 0.15) is 11.5 Å². The Bertz CT molecular complexity index is 572. The molecular formula is C17H28F2IN3O3. The maximum atomic E-state index is 12.6. The van der Waals surface area contributed by atoms with E-state index in [1.165, 1.54) is 13.2 Å². The number of nitrogens with one attached hydrogen (secondary N) is 2. The molecule has 0 aliphatic carbocycles. The van der Waals surface area contributed by atoms with Crippen LogP contribution in [0.4, 0.5) is 8.78 Å². The maximum Gasteiger partial charge on any atom is 0.387 e. The molecule has 1 rings (SSSR count). The molecule has 2 N–H and O–H groups in total. The monoisotopic (exact) mass is 487 g/mol. The Hall–Kier alpha value is -1.36. The molecule has 0 bridgehead atoms. The molecule has 0 spiro atoms. The Balaban J connectivity index is 0.00000625. The van der Waals surface area contributed by atoms with Crippen LogP contribution in [0, 0.1) is 0 Å². The van der Waals surface area contributed by atoms with Gasteiger partial charge in [0.05, 0.1) is 19.3 Å². The highest BCUT2D eigenvalue weighted by Gasteiger charge is 2.17. The van der Waals surface area contributed by atoms with Crippen molar-refractivity contribution in [3.05, 3.63) is 23.8 Å². The van der Waals surface area contributed by atoms with Gasteiger partial charge in [-0.3, -0.25) is 0 Å². The fourth-order valence-corrected chi connectivity index (χ4v) is 1.87. The first-order valence-corrected chi connectivity index (χ1v) is 8.00. The predicted molar refractivity (Wildman–Crippen MR) is 109 cm³/mol. The molecule has 0 atom stereocenters. The van der Waals surface area contributed by atoms with Gasteiger partial charge in [-0.25, -0.2) is 4.99 Å². The van der Waals surface area contributed by atoms with Crippen LogP contribution in [0.1, 0.15) is 26.3 Å². The number of guanidine groups is 1. The van der Waals surface area contributed by atoms with E-state index in [9.17, 15) is 8.78 Å². The van der Waals surface area contributed by atoms with E-state index in [2.05, 4.69) is 20.4 Å². The normalized spacial score (nSPS) is 11.8. The van der Waals surface area contributed by atoms with Crippen LogP contribution < -0.4 is 20.1 Å². The van der Waals surface area contributed by atoms with Crippen molar-refractivity contribution < 1.29 is 23.0 Å². The Kier molecular flexibility index (Phi) is 11.5. The molecule has 0 saturated heterocycles. The quantitative estimate of drug-likeness (QED) is 0.318. The van der Waals surface area contributed by atoms with E-state index in [1.807, 2.05) is 20.8 Å². The summed E-state index contributed by atoms with van der Waals surface area (Å²) in [5.41, 5.74) is 0.171. The number of nitrogens with zero attached hydrogens (tertiary/aromatic N) is 1. The number of ether oxygens (including phenoxy) is 3. The molecule has 0 saturated carbocycles.